The van der Waals surface area contributed by atoms with Crippen molar-refractivity contribution in [1.29, 1.82) is 0 Å². The van der Waals surface area contributed by atoms with Gasteiger partial charge in [0.1, 0.15) is 5.75 Å². The quantitative estimate of drug-likeness (QED) is 0.873. The van der Waals surface area contributed by atoms with Gasteiger partial charge >= 0.3 is 0 Å². The molecule has 2 N–H and O–H groups in total. The molecule has 2 aliphatic rings. The van der Waals surface area contributed by atoms with Crippen molar-refractivity contribution in [2.24, 2.45) is 0 Å². The van der Waals surface area contributed by atoms with Crippen LogP contribution in [0.15, 0.2) is 30.3 Å². The van der Waals surface area contributed by atoms with Crippen molar-refractivity contribution in [2.75, 3.05) is 24.0 Å². The molecule has 0 fully saturated rings. The van der Waals surface area contributed by atoms with Crippen LogP contribution >= 0.6 is 11.6 Å². The van der Waals surface area contributed by atoms with Gasteiger partial charge in [-0.1, -0.05) is 11.6 Å². The van der Waals surface area contributed by atoms with E-state index in [1.807, 2.05) is 0 Å². The number of carbonyl (C=O) groups is 2. The zero-order chi connectivity index (χ0) is 16.7. The van der Waals surface area contributed by atoms with Gasteiger partial charge < -0.3 is 24.8 Å². The summed E-state index contributed by atoms with van der Waals surface area (Å²) in [6.45, 7) is 0.0598. The van der Waals surface area contributed by atoms with Crippen LogP contribution in [-0.2, 0) is 4.79 Å². The first-order valence-corrected chi connectivity index (χ1v) is 7.45. The van der Waals surface area contributed by atoms with E-state index in [2.05, 4.69) is 10.6 Å². The van der Waals surface area contributed by atoms with E-state index in [1.165, 1.54) is 6.07 Å². The van der Waals surface area contributed by atoms with E-state index >= 15 is 0 Å². The summed E-state index contributed by atoms with van der Waals surface area (Å²) in [5.74, 6) is 0.957. The predicted molar refractivity (Wildman–Crippen MR) is 86.1 cm³/mol. The maximum absolute atomic E-state index is 12.4. The van der Waals surface area contributed by atoms with Gasteiger partial charge in [-0.05, 0) is 24.3 Å². The minimum atomic E-state index is -0.352. The minimum Gasteiger partial charge on any atom is -0.482 e. The molecule has 0 aromatic heterocycles. The molecule has 0 unspecified atom stereocenters. The molecule has 2 aliphatic heterocycles. The van der Waals surface area contributed by atoms with Gasteiger partial charge in [0.15, 0.2) is 18.1 Å². The Morgan fingerprint density at radius 3 is 2.79 bits per heavy atom. The normalized spacial score (nSPS) is 14.5. The lowest BCUT2D eigenvalue weighted by Crippen LogP contribution is -2.25. The average Bonchev–Trinajstić information content (AvgIpc) is 3.03. The van der Waals surface area contributed by atoms with Crippen molar-refractivity contribution >= 4 is 34.8 Å². The van der Waals surface area contributed by atoms with E-state index < -0.39 is 0 Å². The highest BCUT2D eigenvalue weighted by Gasteiger charge is 2.20. The maximum atomic E-state index is 12.4. The molecule has 0 aliphatic carbocycles. The summed E-state index contributed by atoms with van der Waals surface area (Å²) in [6, 6.07) is 8.00. The fourth-order valence-corrected chi connectivity index (χ4v) is 2.64. The van der Waals surface area contributed by atoms with Gasteiger partial charge in [-0.15, -0.1) is 0 Å². The van der Waals surface area contributed by atoms with Gasteiger partial charge in [0, 0.05) is 11.6 Å². The van der Waals surface area contributed by atoms with Crippen LogP contribution < -0.4 is 24.8 Å². The Morgan fingerprint density at radius 2 is 1.92 bits per heavy atom. The smallest absolute Gasteiger partial charge is 0.262 e. The molecule has 0 bridgehead atoms. The van der Waals surface area contributed by atoms with E-state index in [-0.39, 0.29) is 30.2 Å². The molecule has 8 heteroatoms. The molecular weight excluding hydrogens is 336 g/mol. The standard InChI is InChI=1S/C16H11ClN2O5/c17-9-4-11-13(22-6-15(20)18-11)5-10(9)19-16(21)8-1-2-12-14(3-8)24-7-23-12/h1-5H,6-7H2,(H,18,20)(H,19,21). The molecule has 2 heterocycles. The zero-order valence-corrected chi connectivity index (χ0v) is 13.0. The number of hydrogen-bond acceptors (Lipinski definition) is 5. The van der Waals surface area contributed by atoms with Gasteiger partial charge in [-0.2, -0.15) is 0 Å². The average molecular weight is 347 g/mol. The third-order valence-corrected chi connectivity index (χ3v) is 3.90. The summed E-state index contributed by atoms with van der Waals surface area (Å²) < 4.78 is 15.8. The van der Waals surface area contributed by atoms with Crippen LogP contribution in [-0.4, -0.2) is 25.2 Å². The minimum absolute atomic E-state index is 0.0792. The number of amides is 2. The highest BCUT2D eigenvalue weighted by atomic mass is 35.5. The second-order valence-electron chi connectivity index (χ2n) is 5.19. The van der Waals surface area contributed by atoms with E-state index in [4.69, 9.17) is 25.8 Å². The van der Waals surface area contributed by atoms with Gasteiger partial charge in [0.25, 0.3) is 11.8 Å². The highest BCUT2D eigenvalue weighted by molar-refractivity contribution is 6.34. The van der Waals surface area contributed by atoms with Crippen molar-refractivity contribution < 1.29 is 23.8 Å². The van der Waals surface area contributed by atoms with E-state index in [9.17, 15) is 9.59 Å². The van der Waals surface area contributed by atoms with Crippen molar-refractivity contribution in [3.63, 3.8) is 0 Å². The van der Waals surface area contributed by atoms with Crippen LogP contribution in [0.2, 0.25) is 5.02 Å². The first kappa shape index (κ1) is 14.6. The summed E-state index contributed by atoms with van der Waals surface area (Å²) in [6.07, 6.45) is 0. The van der Waals surface area contributed by atoms with E-state index in [0.717, 1.165) is 0 Å². The third-order valence-electron chi connectivity index (χ3n) is 3.59. The van der Waals surface area contributed by atoms with Gasteiger partial charge in [-0.3, -0.25) is 9.59 Å². The molecule has 0 saturated heterocycles. The van der Waals surface area contributed by atoms with Crippen molar-refractivity contribution in [2.45, 2.75) is 0 Å². The lowest BCUT2D eigenvalue weighted by Gasteiger charge is -2.19. The molecule has 7 nitrogen and oxygen atoms in total. The second-order valence-corrected chi connectivity index (χ2v) is 5.59. The molecule has 0 radical (unpaired) electrons. The van der Waals surface area contributed by atoms with Crippen LogP contribution in [0.1, 0.15) is 10.4 Å². The van der Waals surface area contributed by atoms with Crippen molar-refractivity contribution in [3.05, 3.63) is 40.9 Å². The third kappa shape index (κ3) is 2.59. The second kappa shape index (κ2) is 5.61. The number of ether oxygens (including phenoxy) is 3. The number of rotatable bonds is 2. The fraction of sp³-hybridized carbons (Fsp3) is 0.125. The summed E-state index contributed by atoms with van der Waals surface area (Å²) in [5.41, 5.74) is 1.26. The monoisotopic (exact) mass is 346 g/mol. The highest BCUT2D eigenvalue weighted by Crippen LogP contribution is 2.37. The van der Waals surface area contributed by atoms with Gasteiger partial charge in [-0.25, -0.2) is 0 Å². The Balaban J connectivity index is 1.59. The Kier molecular flexibility index (Phi) is 3.42. The topological polar surface area (TPSA) is 85.9 Å². The molecule has 4 rings (SSSR count). The summed E-state index contributed by atoms with van der Waals surface area (Å²) in [5, 5.41) is 5.65. The van der Waals surface area contributed by atoms with Crippen LogP contribution in [0.4, 0.5) is 11.4 Å². The number of nitrogens with one attached hydrogen (secondary N) is 2. The van der Waals surface area contributed by atoms with E-state index in [1.54, 1.807) is 24.3 Å². The Hall–Kier alpha value is -2.93. The lowest BCUT2D eigenvalue weighted by atomic mass is 10.1. The van der Waals surface area contributed by atoms with Crippen LogP contribution in [0.25, 0.3) is 0 Å². The number of hydrogen-bond donors (Lipinski definition) is 2. The molecule has 2 aromatic rings. The molecule has 0 saturated carbocycles. The lowest BCUT2D eigenvalue weighted by molar-refractivity contribution is -0.118. The van der Waals surface area contributed by atoms with Gasteiger partial charge in [0.2, 0.25) is 6.79 Å². The molecule has 2 aromatic carbocycles. The molecule has 0 spiro atoms. The van der Waals surface area contributed by atoms with Crippen molar-refractivity contribution in [3.8, 4) is 17.2 Å². The zero-order valence-electron chi connectivity index (χ0n) is 12.2. The molecule has 2 amide bonds. The summed E-state index contributed by atoms with van der Waals surface area (Å²) in [4.78, 5) is 23.7. The number of benzene rings is 2. The van der Waals surface area contributed by atoms with Gasteiger partial charge in [0.05, 0.1) is 16.4 Å². The summed E-state index contributed by atoms with van der Waals surface area (Å²) in [7, 11) is 0. The number of fused-ring (bicyclic) bond motifs is 2. The Bertz CT molecular complexity index is 868. The van der Waals surface area contributed by atoms with Crippen LogP contribution in [0.3, 0.4) is 0 Å². The summed E-state index contributed by atoms with van der Waals surface area (Å²) >= 11 is 6.17. The molecule has 122 valence electrons. The fourth-order valence-electron chi connectivity index (χ4n) is 2.43. The van der Waals surface area contributed by atoms with Crippen molar-refractivity contribution in [1.82, 2.24) is 0 Å². The Morgan fingerprint density at radius 1 is 1.08 bits per heavy atom. The maximum Gasteiger partial charge on any atom is 0.262 e. The SMILES string of the molecule is O=C1COc2cc(NC(=O)c3ccc4c(c3)OCO4)c(Cl)cc2N1. The predicted octanol–water partition coefficient (Wildman–Crippen LogP) is 2.65. The number of anilines is 2. The molecule has 24 heavy (non-hydrogen) atoms. The van der Waals surface area contributed by atoms with Crippen LogP contribution in [0, 0.1) is 0 Å². The van der Waals surface area contributed by atoms with Crippen LogP contribution in [0.5, 0.6) is 17.2 Å². The van der Waals surface area contributed by atoms with E-state index in [0.29, 0.717) is 34.2 Å². The Labute approximate surface area is 141 Å². The largest absolute Gasteiger partial charge is 0.482 e. The first-order valence-electron chi connectivity index (χ1n) is 7.07. The number of carbonyl (C=O) groups excluding carboxylic acids is 2. The molecule has 0 atom stereocenters. The first-order chi connectivity index (χ1) is 11.6. The number of halogens is 1. The molecular formula is C16H11ClN2O5.